The molecule has 1 aromatic rings. The van der Waals surface area contributed by atoms with Crippen molar-refractivity contribution < 1.29 is 4.79 Å². The third-order valence-electron chi connectivity index (χ3n) is 3.46. The summed E-state index contributed by atoms with van der Waals surface area (Å²) in [6, 6.07) is 5.08. The second-order valence-corrected chi connectivity index (χ2v) is 5.71. The lowest BCUT2D eigenvalue weighted by molar-refractivity contribution is -0.116. The Kier molecular flexibility index (Phi) is 4.90. The van der Waals surface area contributed by atoms with Gasteiger partial charge in [-0.2, -0.15) is 0 Å². The molecule has 0 spiro atoms. The molecule has 1 amide bonds. The summed E-state index contributed by atoms with van der Waals surface area (Å²) in [5, 5.41) is 3.92. The molecule has 1 N–H and O–H groups in total. The van der Waals surface area contributed by atoms with Crippen LogP contribution in [0.1, 0.15) is 38.5 Å². The minimum absolute atomic E-state index is 0.0195. The van der Waals surface area contributed by atoms with Gasteiger partial charge < -0.3 is 5.32 Å². The number of anilines is 1. The van der Waals surface area contributed by atoms with E-state index in [-0.39, 0.29) is 5.91 Å². The van der Waals surface area contributed by atoms with Crippen molar-refractivity contribution in [2.45, 2.75) is 38.5 Å². The van der Waals surface area contributed by atoms with E-state index < -0.39 is 0 Å². The molecule has 2 nitrogen and oxygen atoms in total. The number of hydrogen-bond donors (Lipinski definition) is 1. The predicted octanol–water partition coefficient (Wildman–Crippen LogP) is 4.90. The summed E-state index contributed by atoms with van der Waals surface area (Å²) < 4.78 is 0. The van der Waals surface area contributed by atoms with E-state index >= 15 is 0 Å². The molecule has 18 heavy (non-hydrogen) atoms. The highest BCUT2D eigenvalue weighted by Crippen LogP contribution is 2.29. The average Bonchev–Trinajstić information content (AvgIpc) is 2.84. The summed E-state index contributed by atoms with van der Waals surface area (Å²) in [6.07, 6.45) is 6.70. The van der Waals surface area contributed by atoms with Crippen molar-refractivity contribution >= 4 is 34.8 Å². The fourth-order valence-corrected chi connectivity index (χ4v) is 2.78. The molecule has 1 aliphatic rings. The molecule has 0 heterocycles. The van der Waals surface area contributed by atoms with Crippen LogP contribution >= 0.6 is 23.2 Å². The maximum atomic E-state index is 11.8. The lowest BCUT2D eigenvalue weighted by Crippen LogP contribution is -2.13. The predicted molar refractivity (Wildman–Crippen MR) is 76.3 cm³/mol. The van der Waals surface area contributed by atoms with E-state index in [0.29, 0.717) is 22.2 Å². The molecular formula is C14H17Cl2NO. The molecule has 1 aliphatic carbocycles. The van der Waals surface area contributed by atoms with Gasteiger partial charge in [0.25, 0.3) is 0 Å². The summed E-state index contributed by atoms with van der Waals surface area (Å²) in [4.78, 5) is 11.8. The summed E-state index contributed by atoms with van der Waals surface area (Å²) in [6.45, 7) is 0. The Labute approximate surface area is 118 Å². The highest BCUT2D eigenvalue weighted by molar-refractivity contribution is 6.35. The fourth-order valence-electron chi connectivity index (χ4n) is 2.44. The molecule has 2 rings (SSSR count). The molecule has 0 atom stereocenters. The van der Waals surface area contributed by atoms with Crippen LogP contribution in [-0.4, -0.2) is 5.91 Å². The van der Waals surface area contributed by atoms with Gasteiger partial charge in [0, 0.05) is 11.4 Å². The van der Waals surface area contributed by atoms with Crippen LogP contribution in [0.15, 0.2) is 18.2 Å². The normalized spacial score (nSPS) is 15.9. The number of rotatable bonds is 4. The second-order valence-electron chi connectivity index (χ2n) is 4.86. The Morgan fingerprint density at radius 1 is 1.28 bits per heavy atom. The quantitative estimate of drug-likeness (QED) is 0.837. The lowest BCUT2D eigenvalue weighted by atomic mass is 10.0. The number of halogens is 2. The average molecular weight is 286 g/mol. The third-order valence-corrected chi connectivity index (χ3v) is 4.02. The van der Waals surface area contributed by atoms with E-state index in [4.69, 9.17) is 23.2 Å². The van der Waals surface area contributed by atoms with Crippen molar-refractivity contribution in [3.05, 3.63) is 28.2 Å². The first-order valence-corrected chi connectivity index (χ1v) is 7.15. The highest BCUT2D eigenvalue weighted by atomic mass is 35.5. The van der Waals surface area contributed by atoms with E-state index in [1.807, 2.05) is 0 Å². The van der Waals surface area contributed by atoms with Gasteiger partial charge in [0.05, 0.1) is 10.7 Å². The fraction of sp³-hybridized carbons (Fsp3) is 0.500. The van der Waals surface area contributed by atoms with Gasteiger partial charge in [-0.15, -0.1) is 0 Å². The van der Waals surface area contributed by atoms with Crippen LogP contribution in [0.5, 0.6) is 0 Å². The largest absolute Gasteiger partial charge is 0.325 e. The van der Waals surface area contributed by atoms with Gasteiger partial charge in [0.1, 0.15) is 0 Å². The molecular weight excluding hydrogens is 269 g/mol. The zero-order valence-electron chi connectivity index (χ0n) is 10.2. The summed E-state index contributed by atoms with van der Waals surface area (Å²) in [5.41, 5.74) is 0.598. The summed E-state index contributed by atoms with van der Waals surface area (Å²) in [5.74, 6) is 0.747. The molecule has 98 valence electrons. The van der Waals surface area contributed by atoms with Gasteiger partial charge >= 0.3 is 0 Å². The highest BCUT2D eigenvalue weighted by Gasteiger charge is 2.16. The third kappa shape index (κ3) is 3.89. The Morgan fingerprint density at radius 3 is 2.72 bits per heavy atom. The van der Waals surface area contributed by atoms with Gasteiger partial charge in [0.15, 0.2) is 0 Å². The van der Waals surface area contributed by atoms with Crippen LogP contribution in [0.25, 0.3) is 0 Å². The maximum Gasteiger partial charge on any atom is 0.224 e. The van der Waals surface area contributed by atoms with Gasteiger partial charge in [-0.3, -0.25) is 4.79 Å². The van der Waals surface area contributed by atoms with Crippen LogP contribution in [0, 0.1) is 5.92 Å². The van der Waals surface area contributed by atoms with E-state index in [0.717, 1.165) is 12.3 Å². The van der Waals surface area contributed by atoms with Crippen molar-refractivity contribution in [3.8, 4) is 0 Å². The van der Waals surface area contributed by atoms with Crippen molar-refractivity contribution in [1.82, 2.24) is 0 Å². The van der Waals surface area contributed by atoms with Crippen molar-refractivity contribution in [2.75, 3.05) is 5.32 Å². The van der Waals surface area contributed by atoms with Crippen molar-refractivity contribution in [3.63, 3.8) is 0 Å². The number of carbonyl (C=O) groups is 1. The maximum absolute atomic E-state index is 11.8. The molecule has 1 fully saturated rings. The molecule has 0 aromatic heterocycles. The number of nitrogens with one attached hydrogen (secondary N) is 1. The minimum Gasteiger partial charge on any atom is -0.325 e. The summed E-state index contributed by atoms with van der Waals surface area (Å²) >= 11 is 11.9. The van der Waals surface area contributed by atoms with Crippen molar-refractivity contribution in [2.24, 2.45) is 5.92 Å². The lowest BCUT2D eigenvalue weighted by Gasteiger charge is -2.10. The minimum atomic E-state index is 0.0195. The molecule has 1 saturated carbocycles. The molecule has 0 saturated heterocycles. The molecule has 4 heteroatoms. The first kappa shape index (κ1) is 13.7. The van der Waals surface area contributed by atoms with E-state index in [9.17, 15) is 4.79 Å². The standard InChI is InChI=1S/C14H17Cl2NO/c15-11-6-7-12(16)13(9-11)17-14(18)8-5-10-3-1-2-4-10/h6-7,9-10H,1-5,8H2,(H,17,18). The van der Waals surface area contributed by atoms with Crippen LogP contribution in [0.3, 0.4) is 0 Å². The van der Waals surface area contributed by atoms with Crippen molar-refractivity contribution in [1.29, 1.82) is 0 Å². The van der Waals surface area contributed by atoms with E-state index in [1.54, 1.807) is 18.2 Å². The molecule has 0 radical (unpaired) electrons. The van der Waals surface area contributed by atoms with Gasteiger partial charge in [-0.05, 0) is 30.5 Å². The van der Waals surface area contributed by atoms with E-state index in [2.05, 4.69) is 5.32 Å². The van der Waals surface area contributed by atoms with Crippen LogP contribution in [0.2, 0.25) is 10.0 Å². The Balaban J connectivity index is 1.84. The van der Waals surface area contributed by atoms with Gasteiger partial charge in [-0.25, -0.2) is 0 Å². The van der Waals surface area contributed by atoms with Crippen LogP contribution in [-0.2, 0) is 4.79 Å². The molecule has 0 aliphatic heterocycles. The topological polar surface area (TPSA) is 29.1 Å². The second kappa shape index (κ2) is 6.44. The Morgan fingerprint density at radius 2 is 2.00 bits per heavy atom. The van der Waals surface area contributed by atoms with Crippen LogP contribution < -0.4 is 5.32 Å². The molecule has 1 aromatic carbocycles. The SMILES string of the molecule is O=C(CCC1CCCC1)Nc1cc(Cl)ccc1Cl. The zero-order valence-corrected chi connectivity index (χ0v) is 11.7. The number of benzene rings is 1. The number of carbonyl (C=O) groups excluding carboxylic acids is 1. The monoisotopic (exact) mass is 285 g/mol. The van der Waals surface area contributed by atoms with Crippen LogP contribution in [0.4, 0.5) is 5.69 Å². The van der Waals surface area contributed by atoms with E-state index in [1.165, 1.54) is 25.7 Å². The zero-order chi connectivity index (χ0) is 13.0. The van der Waals surface area contributed by atoms with Gasteiger partial charge in [0.2, 0.25) is 5.91 Å². The molecule has 0 unspecified atom stereocenters. The summed E-state index contributed by atoms with van der Waals surface area (Å²) in [7, 11) is 0. The first-order valence-electron chi connectivity index (χ1n) is 6.40. The smallest absolute Gasteiger partial charge is 0.224 e. The first-order chi connectivity index (χ1) is 8.65. The number of amides is 1. The Bertz CT molecular complexity index is 428. The molecule has 0 bridgehead atoms. The number of hydrogen-bond acceptors (Lipinski definition) is 1. The van der Waals surface area contributed by atoms with Gasteiger partial charge in [-0.1, -0.05) is 48.9 Å². The Hall–Kier alpha value is -0.730.